The Morgan fingerprint density at radius 2 is 1.71 bits per heavy atom. The number of methoxy groups -OCH3 is 3. The number of fused-ring (bicyclic) bond motifs is 1. The number of hydrogen-bond acceptors (Lipinski definition) is 6. The fourth-order valence-electron chi connectivity index (χ4n) is 4.36. The van der Waals surface area contributed by atoms with Crippen molar-refractivity contribution in [3.05, 3.63) is 52.6 Å². The third-order valence-corrected chi connectivity index (χ3v) is 5.83. The van der Waals surface area contributed by atoms with Gasteiger partial charge in [-0.1, -0.05) is 43.7 Å². The van der Waals surface area contributed by atoms with Crippen molar-refractivity contribution >= 4 is 5.97 Å². The van der Waals surface area contributed by atoms with Crippen LogP contribution in [0, 0.1) is 6.92 Å². The molecule has 6 nitrogen and oxygen atoms in total. The van der Waals surface area contributed by atoms with Crippen LogP contribution in [0.3, 0.4) is 0 Å². The molecule has 1 unspecified atom stereocenters. The third kappa shape index (κ3) is 4.64. The van der Waals surface area contributed by atoms with Crippen LogP contribution in [0.2, 0.25) is 0 Å². The van der Waals surface area contributed by atoms with E-state index in [1.54, 1.807) is 21.3 Å². The van der Waals surface area contributed by atoms with Gasteiger partial charge < -0.3 is 18.9 Å². The SMILES string of the molecule is CCCCOC(=O)C1c2c(c(OC)c(C)c(OC)c2OC)CCN1Cc1ccccc1. The van der Waals surface area contributed by atoms with E-state index in [1.165, 1.54) is 0 Å². The molecule has 1 aliphatic rings. The van der Waals surface area contributed by atoms with Crippen molar-refractivity contribution in [1.29, 1.82) is 0 Å². The number of rotatable bonds is 9. The molecular formula is C25H33NO5. The summed E-state index contributed by atoms with van der Waals surface area (Å²) in [5.74, 6) is 1.65. The predicted octanol–water partition coefficient (Wildman–Crippen LogP) is 4.46. The van der Waals surface area contributed by atoms with Gasteiger partial charge in [-0.3, -0.25) is 4.90 Å². The van der Waals surface area contributed by atoms with Crippen LogP contribution < -0.4 is 14.2 Å². The van der Waals surface area contributed by atoms with E-state index in [9.17, 15) is 4.79 Å². The normalized spacial score (nSPS) is 15.8. The molecular weight excluding hydrogens is 394 g/mol. The summed E-state index contributed by atoms with van der Waals surface area (Å²) in [6, 6.07) is 9.56. The zero-order chi connectivity index (χ0) is 22.4. The molecule has 3 rings (SSSR count). The van der Waals surface area contributed by atoms with Crippen LogP contribution in [0.1, 0.15) is 48.1 Å². The van der Waals surface area contributed by atoms with E-state index in [0.29, 0.717) is 31.2 Å². The molecule has 0 aliphatic carbocycles. The number of unbranched alkanes of at least 4 members (excludes halogenated alkanes) is 1. The molecule has 0 aromatic heterocycles. The topological polar surface area (TPSA) is 57.2 Å². The first-order valence-electron chi connectivity index (χ1n) is 10.8. The van der Waals surface area contributed by atoms with Gasteiger partial charge in [0.25, 0.3) is 0 Å². The molecule has 31 heavy (non-hydrogen) atoms. The molecule has 1 atom stereocenters. The highest BCUT2D eigenvalue weighted by molar-refractivity contribution is 5.82. The van der Waals surface area contributed by atoms with Gasteiger partial charge in [0, 0.05) is 29.8 Å². The molecule has 6 heteroatoms. The Kier molecular flexibility index (Phi) is 7.80. The highest BCUT2D eigenvalue weighted by atomic mass is 16.5. The summed E-state index contributed by atoms with van der Waals surface area (Å²) in [7, 11) is 4.87. The van der Waals surface area contributed by atoms with Gasteiger partial charge in [-0.05, 0) is 25.3 Å². The summed E-state index contributed by atoms with van der Waals surface area (Å²) in [5.41, 5.74) is 3.78. The van der Waals surface area contributed by atoms with Crippen molar-refractivity contribution < 1.29 is 23.7 Å². The van der Waals surface area contributed by atoms with Crippen LogP contribution in [0.5, 0.6) is 17.2 Å². The fourth-order valence-corrected chi connectivity index (χ4v) is 4.36. The number of hydrogen-bond donors (Lipinski definition) is 0. The summed E-state index contributed by atoms with van der Waals surface area (Å²) < 4.78 is 22.9. The lowest BCUT2D eigenvalue weighted by Gasteiger charge is -2.38. The summed E-state index contributed by atoms with van der Waals surface area (Å²) in [5, 5.41) is 0. The van der Waals surface area contributed by atoms with Crippen molar-refractivity contribution in [1.82, 2.24) is 4.90 Å². The first-order chi connectivity index (χ1) is 15.1. The molecule has 1 aliphatic heterocycles. The van der Waals surface area contributed by atoms with Crippen molar-refractivity contribution in [2.24, 2.45) is 0 Å². The predicted molar refractivity (Wildman–Crippen MR) is 120 cm³/mol. The second kappa shape index (κ2) is 10.5. The monoisotopic (exact) mass is 427 g/mol. The van der Waals surface area contributed by atoms with Gasteiger partial charge in [0.05, 0.1) is 27.9 Å². The molecule has 0 amide bonds. The molecule has 0 saturated heterocycles. The van der Waals surface area contributed by atoms with Crippen molar-refractivity contribution in [2.45, 2.75) is 45.7 Å². The first kappa shape index (κ1) is 22.9. The molecule has 0 bridgehead atoms. The van der Waals surface area contributed by atoms with Crippen LogP contribution in [0.25, 0.3) is 0 Å². The van der Waals surface area contributed by atoms with Crippen LogP contribution in [-0.4, -0.2) is 45.4 Å². The number of nitrogens with zero attached hydrogens (tertiary/aromatic N) is 1. The second-order valence-corrected chi connectivity index (χ2v) is 7.75. The highest BCUT2D eigenvalue weighted by Crippen LogP contribution is 2.50. The molecule has 0 N–H and O–H groups in total. The Morgan fingerprint density at radius 1 is 1.03 bits per heavy atom. The van der Waals surface area contributed by atoms with Crippen LogP contribution in [0.15, 0.2) is 30.3 Å². The Labute approximate surface area is 185 Å². The number of esters is 1. The minimum Gasteiger partial charge on any atom is -0.496 e. The van der Waals surface area contributed by atoms with Crippen LogP contribution in [-0.2, 0) is 22.5 Å². The Morgan fingerprint density at radius 3 is 2.32 bits per heavy atom. The van der Waals surface area contributed by atoms with Gasteiger partial charge in [0.2, 0.25) is 0 Å². The van der Waals surface area contributed by atoms with E-state index in [4.69, 9.17) is 18.9 Å². The molecule has 1 heterocycles. The fraction of sp³-hybridized carbons (Fsp3) is 0.480. The van der Waals surface area contributed by atoms with E-state index in [-0.39, 0.29) is 5.97 Å². The lowest BCUT2D eigenvalue weighted by molar-refractivity contribution is -0.151. The van der Waals surface area contributed by atoms with Crippen molar-refractivity contribution in [3.63, 3.8) is 0 Å². The Balaban J connectivity index is 2.12. The minimum absolute atomic E-state index is 0.267. The summed E-state index contributed by atoms with van der Waals surface area (Å²) in [6.07, 6.45) is 2.54. The van der Waals surface area contributed by atoms with Crippen molar-refractivity contribution in [3.8, 4) is 17.2 Å². The molecule has 168 valence electrons. The third-order valence-electron chi connectivity index (χ3n) is 5.83. The van der Waals surface area contributed by atoms with E-state index in [2.05, 4.69) is 24.0 Å². The largest absolute Gasteiger partial charge is 0.496 e. The maximum atomic E-state index is 13.4. The Hall–Kier alpha value is -2.73. The van der Waals surface area contributed by atoms with Gasteiger partial charge >= 0.3 is 5.97 Å². The molecule has 0 saturated carbocycles. The quantitative estimate of drug-likeness (QED) is 0.435. The maximum Gasteiger partial charge on any atom is 0.328 e. The summed E-state index contributed by atoms with van der Waals surface area (Å²) in [4.78, 5) is 15.5. The van der Waals surface area contributed by atoms with Gasteiger partial charge in [-0.2, -0.15) is 0 Å². The van der Waals surface area contributed by atoms with Crippen molar-refractivity contribution in [2.75, 3.05) is 34.5 Å². The van der Waals surface area contributed by atoms with E-state index >= 15 is 0 Å². The number of ether oxygens (including phenoxy) is 4. The average molecular weight is 428 g/mol. The summed E-state index contributed by atoms with van der Waals surface area (Å²) >= 11 is 0. The maximum absolute atomic E-state index is 13.4. The van der Waals surface area contributed by atoms with Gasteiger partial charge in [-0.15, -0.1) is 0 Å². The van der Waals surface area contributed by atoms with Crippen LogP contribution >= 0.6 is 0 Å². The number of carbonyl (C=O) groups is 1. The van der Waals surface area contributed by atoms with E-state index in [1.807, 2.05) is 25.1 Å². The second-order valence-electron chi connectivity index (χ2n) is 7.75. The molecule has 0 radical (unpaired) electrons. The zero-order valence-corrected chi connectivity index (χ0v) is 19.2. The number of carbonyl (C=O) groups excluding carboxylic acids is 1. The molecule has 0 spiro atoms. The van der Waals surface area contributed by atoms with E-state index in [0.717, 1.165) is 47.3 Å². The molecule has 2 aromatic rings. The highest BCUT2D eigenvalue weighted by Gasteiger charge is 2.40. The number of benzene rings is 2. The average Bonchev–Trinajstić information content (AvgIpc) is 2.79. The van der Waals surface area contributed by atoms with Gasteiger partial charge in [0.1, 0.15) is 11.8 Å². The smallest absolute Gasteiger partial charge is 0.328 e. The minimum atomic E-state index is -0.598. The van der Waals surface area contributed by atoms with E-state index < -0.39 is 6.04 Å². The zero-order valence-electron chi connectivity index (χ0n) is 19.2. The van der Waals surface area contributed by atoms with Gasteiger partial charge in [0.15, 0.2) is 11.5 Å². The van der Waals surface area contributed by atoms with Crippen LogP contribution in [0.4, 0.5) is 0 Å². The lowest BCUT2D eigenvalue weighted by atomic mass is 9.88. The lowest BCUT2D eigenvalue weighted by Crippen LogP contribution is -2.40. The Bertz CT molecular complexity index is 872. The van der Waals surface area contributed by atoms with Gasteiger partial charge in [-0.25, -0.2) is 4.79 Å². The standard InChI is InChI=1S/C25H33NO5/c1-6-7-15-31-25(27)21-20-19(13-14-26(21)16-18-11-9-8-10-12-18)22(28-3)17(2)23(29-4)24(20)30-5/h8-12,21H,6-7,13-16H2,1-5H3. The first-order valence-corrected chi connectivity index (χ1v) is 10.8. The molecule has 0 fully saturated rings. The molecule has 2 aromatic carbocycles. The summed E-state index contributed by atoms with van der Waals surface area (Å²) in [6.45, 7) is 5.78.